The molecule has 6 heteroatoms. The van der Waals surface area contributed by atoms with Crippen molar-refractivity contribution in [1.29, 1.82) is 0 Å². The number of rotatable bonds is 6. The highest BCUT2D eigenvalue weighted by molar-refractivity contribution is 5.60. The molecular weight excluding hydrogens is 280 g/mol. The number of halogens is 2. The Labute approximate surface area is 120 Å². The van der Waals surface area contributed by atoms with Gasteiger partial charge >= 0.3 is 6.61 Å². The summed E-state index contributed by atoms with van der Waals surface area (Å²) in [5, 5.41) is 12.4. The Kier molecular flexibility index (Phi) is 4.81. The van der Waals surface area contributed by atoms with Crippen LogP contribution in [0.1, 0.15) is 5.56 Å². The van der Waals surface area contributed by atoms with Crippen molar-refractivity contribution in [3.8, 4) is 17.2 Å². The van der Waals surface area contributed by atoms with E-state index in [0.29, 0.717) is 18.0 Å². The van der Waals surface area contributed by atoms with Crippen LogP contribution in [0.15, 0.2) is 42.5 Å². The molecule has 0 unspecified atom stereocenters. The van der Waals surface area contributed by atoms with Gasteiger partial charge < -0.3 is 19.9 Å². The van der Waals surface area contributed by atoms with E-state index >= 15 is 0 Å². The second kappa shape index (κ2) is 6.78. The van der Waals surface area contributed by atoms with E-state index in [4.69, 9.17) is 4.74 Å². The Balaban J connectivity index is 2.16. The molecule has 2 rings (SSSR count). The van der Waals surface area contributed by atoms with Crippen molar-refractivity contribution >= 4 is 5.69 Å². The fourth-order valence-corrected chi connectivity index (χ4v) is 1.84. The van der Waals surface area contributed by atoms with Gasteiger partial charge in [0.05, 0.1) is 12.8 Å². The maximum Gasteiger partial charge on any atom is 0.387 e. The lowest BCUT2D eigenvalue weighted by molar-refractivity contribution is -0.0494. The summed E-state index contributed by atoms with van der Waals surface area (Å²) in [4.78, 5) is 0. The number of hydrogen-bond acceptors (Lipinski definition) is 4. The molecule has 0 spiro atoms. The van der Waals surface area contributed by atoms with Gasteiger partial charge in [0.2, 0.25) is 0 Å². The van der Waals surface area contributed by atoms with Crippen LogP contribution in [0.5, 0.6) is 17.2 Å². The van der Waals surface area contributed by atoms with Gasteiger partial charge in [-0.3, -0.25) is 0 Å². The molecule has 0 fully saturated rings. The summed E-state index contributed by atoms with van der Waals surface area (Å²) in [6, 6.07) is 11.2. The number of aromatic hydroxyl groups is 1. The largest absolute Gasteiger partial charge is 0.508 e. The lowest BCUT2D eigenvalue weighted by Crippen LogP contribution is -2.07. The molecule has 0 aromatic heterocycles. The van der Waals surface area contributed by atoms with Crippen molar-refractivity contribution in [1.82, 2.24) is 0 Å². The van der Waals surface area contributed by atoms with Gasteiger partial charge in [0.25, 0.3) is 0 Å². The summed E-state index contributed by atoms with van der Waals surface area (Å²) in [5.41, 5.74) is 1.19. The van der Waals surface area contributed by atoms with Gasteiger partial charge in [0, 0.05) is 12.6 Å². The van der Waals surface area contributed by atoms with E-state index in [1.54, 1.807) is 30.3 Å². The maximum atomic E-state index is 12.4. The molecule has 0 amide bonds. The predicted molar refractivity (Wildman–Crippen MR) is 75.1 cm³/mol. The minimum Gasteiger partial charge on any atom is -0.508 e. The van der Waals surface area contributed by atoms with Crippen LogP contribution < -0.4 is 14.8 Å². The zero-order valence-corrected chi connectivity index (χ0v) is 11.3. The van der Waals surface area contributed by atoms with Crippen LogP contribution in [0.3, 0.4) is 0 Å². The molecule has 0 radical (unpaired) electrons. The molecule has 0 heterocycles. The van der Waals surface area contributed by atoms with Crippen LogP contribution in [0, 0.1) is 0 Å². The molecule has 0 saturated carbocycles. The summed E-state index contributed by atoms with van der Waals surface area (Å²) >= 11 is 0. The molecule has 2 N–H and O–H groups in total. The van der Waals surface area contributed by atoms with E-state index in [0.717, 1.165) is 5.56 Å². The van der Waals surface area contributed by atoms with Gasteiger partial charge in [-0.15, -0.1) is 0 Å². The molecule has 0 aliphatic heterocycles. The van der Waals surface area contributed by atoms with Crippen molar-refractivity contribution in [2.45, 2.75) is 13.2 Å². The molecule has 0 aliphatic rings. The first-order chi connectivity index (χ1) is 10.1. The van der Waals surface area contributed by atoms with Gasteiger partial charge in [-0.1, -0.05) is 12.1 Å². The summed E-state index contributed by atoms with van der Waals surface area (Å²) in [6.45, 7) is -2.55. The Morgan fingerprint density at radius 2 is 2.00 bits per heavy atom. The lowest BCUT2D eigenvalue weighted by atomic mass is 10.2. The molecule has 0 saturated heterocycles. The van der Waals surface area contributed by atoms with E-state index in [1.807, 2.05) is 0 Å². The zero-order valence-electron chi connectivity index (χ0n) is 11.3. The fraction of sp³-hybridized carbons (Fsp3) is 0.200. The van der Waals surface area contributed by atoms with Crippen LogP contribution in [-0.2, 0) is 6.54 Å². The van der Waals surface area contributed by atoms with E-state index in [-0.39, 0.29) is 11.5 Å². The van der Waals surface area contributed by atoms with Crippen LogP contribution in [0.25, 0.3) is 0 Å². The SMILES string of the molecule is COc1ccc(OC(F)F)c(NCc2cccc(O)c2)c1. The average Bonchev–Trinajstić information content (AvgIpc) is 2.46. The van der Waals surface area contributed by atoms with E-state index in [1.165, 1.54) is 19.2 Å². The monoisotopic (exact) mass is 295 g/mol. The van der Waals surface area contributed by atoms with Crippen LogP contribution in [0.2, 0.25) is 0 Å². The van der Waals surface area contributed by atoms with E-state index in [2.05, 4.69) is 10.1 Å². The number of nitrogens with one attached hydrogen (secondary N) is 1. The minimum atomic E-state index is -2.90. The van der Waals surface area contributed by atoms with E-state index in [9.17, 15) is 13.9 Å². The van der Waals surface area contributed by atoms with Crippen molar-refractivity contribution < 1.29 is 23.4 Å². The lowest BCUT2D eigenvalue weighted by Gasteiger charge is -2.14. The summed E-state index contributed by atoms with van der Waals surface area (Å²) in [7, 11) is 1.49. The van der Waals surface area contributed by atoms with Crippen molar-refractivity contribution in [3.05, 3.63) is 48.0 Å². The molecule has 4 nitrogen and oxygen atoms in total. The third-order valence-corrected chi connectivity index (χ3v) is 2.80. The number of phenolic OH excluding ortho intramolecular Hbond substituents is 1. The number of phenols is 1. The minimum absolute atomic E-state index is 0.0333. The summed E-state index contributed by atoms with van der Waals surface area (Å²) in [5.74, 6) is 0.699. The topological polar surface area (TPSA) is 50.7 Å². The highest BCUT2D eigenvalue weighted by Crippen LogP contribution is 2.31. The first-order valence-electron chi connectivity index (χ1n) is 6.23. The quantitative estimate of drug-likeness (QED) is 0.854. The van der Waals surface area contributed by atoms with Gasteiger partial charge in [0.15, 0.2) is 0 Å². The molecule has 2 aromatic carbocycles. The number of benzene rings is 2. The van der Waals surface area contributed by atoms with Gasteiger partial charge in [-0.05, 0) is 29.8 Å². The number of hydrogen-bond donors (Lipinski definition) is 2. The van der Waals surface area contributed by atoms with Gasteiger partial charge in [0.1, 0.15) is 17.2 Å². The third-order valence-electron chi connectivity index (χ3n) is 2.80. The van der Waals surface area contributed by atoms with Crippen molar-refractivity contribution in [2.75, 3.05) is 12.4 Å². The highest BCUT2D eigenvalue weighted by Gasteiger charge is 2.11. The molecule has 0 aliphatic carbocycles. The number of ether oxygens (including phenoxy) is 2. The molecule has 0 bridgehead atoms. The zero-order chi connectivity index (χ0) is 15.2. The number of methoxy groups -OCH3 is 1. The van der Waals surface area contributed by atoms with Gasteiger partial charge in [-0.2, -0.15) is 8.78 Å². The van der Waals surface area contributed by atoms with Crippen LogP contribution in [-0.4, -0.2) is 18.8 Å². The Morgan fingerprint density at radius 1 is 1.19 bits per heavy atom. The normalized spacial score (nSPS) is 10.5. The number of alkyl halides is 2. The predicted octanol–water partition coefficient (Wildman–Crippen LogP) is 3.61. The van der Waals surface area contributed by atoms with Crippen LogP contribution >= 0.6 is 0 Å². The first kappa shape index (κ1) is 14.9. The second-order valence-electron chi connectivity index (χ2n) is 4.26. The summed E-state index contributed by atoms with van der Waals surface area (Å²) < 4.78 is 34.3. The van der Waals surface area contributed by atoms with Crippen LogP contribution in [0.4, 0.5) is 14.5 Å². The van der Waals surface area contributed by atoms with E-state index < -0.39 is 6.61 Å². The standard InChI is InChI=1S/C15H15F2NO3/c1-20-12-5-6-14(21-15(16)17)13(8-12)18-9-10-3-2-4-11(19)7-10/h2-8,15,18-19H,9H2,1H3. The smallest absolute Gasteiger partial charge is 0.387 e. The molecular formula is C15H15F2NO3. The average molecular weight is 295 g/mol. The molecule has 21 heavy (non-hydrogen) atoms. The van der Waals surface area contributed by atoms with Crippen molar-refractivity contribution in [3.63, 3.8) is 0 Å². The Morgan fingerprint density at radius 3 is 2.67 bits per heavy atom. The maximum absolute atomic E-state index is 12.4. The van der Waals surface area contributed by atoms with Gasteiger partial charge in [-0.25, -0.2) is 0 Å². The second-order valence-corrected chi connectivity index (χ2v) is 4.26. The Bertz CT molecular complexity index is 605. The Hall–Kier alpha value is -2.50. The molecule has 2 aromatic rings. The molecule has 112 valence electrons. The fourth-order valence-electron chi connectivity index (χ4n) is 1.84. The van der Waals surface area contributed by atoms with Crippen molar-refractivity contribution in [2.24, 2.45) is 0 Å². The molecule has 0 atom stereocenters. The highest BCUT2D eigenvalue weighted by atomic mass is 19.3. The first-order valence-corrected chi connectivity index (χ1v) is 6.23. The third kappa shape index (κ3) is 4.24. The number of anilines is 1. The summed E-state index contributed by atoms with van der Waals surface area (Å²) in [6.07, 6.45) is 0.